The fourth-order valence-corrected chi connectivity index (χ4v) is 3.04. The van der Waals surface area contributed by atoms with Gasteiger partial charge in [0.25, 0.3) is 0 Å². The van der Waals surface area contributed by atoms with Crippen LogP contribution in [0.4, 0.5) is 4.79 Å². The Morgan fingerprint density at radius 3 is 2.50 bits per heavy atom. The molecule has 2 N–H and O–H groups in total. The van der Waals surface area contributed by atoms with Gasteiger partial charge in [0.05, 0.1) is 17.6 Å². The van der Waals surface area contributed by atoms with Crippen LogP contribution in [-0.2, 0) is 9.53 Å². The first-order valence-corrected chi connectivity index (χ1v) is 7.28. The minimum absolute atomic E-state index is 0.0836. The summed E-state index contributed by atoms with van der Waals surface area (Å²) in [7, 11) is 1.67. The number of hydrogen-bond acceptors (Lipinski definition) is 3. The summed E-state index contributed by atoms with van der Waals surface area (Å²) in [5.41, 5.74) is -0.695. The van der Waals surface area contributed by atoms with Gasteiger partial charge in [-0.3, -0.25) is 4.79 Å². The van der Waals surface area contributed by atoms with Crippen LogP contribution in [0.25, 0.3) is 0 Å². The number of amides is 2. The number of hydrogen-bond donors (Lipinski definition) is 2. The molecular formula is C14H24N2O4. The molecule has 2 fully saturated rings. The van der Waals surface area contributed by atoms with Crippen LogP contribution >= 0.6 is 0 Å². The predicted octanol–water partition coefficient (Wildman–Crippen LogP) is 1.45. The maximum absolute atomic E-state index is 12.2. The fraction of sp³-hybridized carbons (Fsp3) is 0.857. The molecule has 2 unspecified atom stereocenters. The van der Waals surface area contributed by atoms with Crippen molar-refractivity contribution in [3.05, 3.63) is 0 Å². The SMILES string of the molecule is COC1CCCC1NC(=O)N1CCC(C)(C(=O)O)CC1. The number of carboxylic acid groups (broad SMARTS) is 1. The highest BCUT2D eigenvalue weighted by Gasteiger charge is 2.38. The zero-order valence-electron chi connectivity index (χ0n) is 12.2. The van der Waals surface area contributed by atoms with Gasteiger partial charge in [0, 0.05) is 20.2 Å². The molecule has 0 radical (unpaired) electrons. The lowest BCUT2D eigenvalue weighted by Crippen LogP contribution is -2.52. The molecule has 0 spiro atoms. The number of nitrogens with one attached hydrogen (secondary N) is 1. The van der Waals surface area contributed by atoms with Crippen molar-refractivity contribution in [2.24, 2.45) is 5.41 Å². The van der Waals surface area contributed by atoms with Crippen molar-refractivity contribution in [1.82, 2.24) is 10.2 Å². The Balaban J connectivity index is 1.84. The monoisotopic (exact) mass is 284 g/mol. The fourth-order valence-electron chi connectivity index (χ4n) is 3.04. The minimum Gasteiger partial charge on any atom is -0.481 e. The molecule has 0 aromatic carbocycles. The zero-order valence-corrected chi connectivity index (χ0v) is 12.2. The van der Waals surface area contributed by atoms with Gasteiger partial charge in [0.2, 0.25) is 0 Å². The van der Waals surface area contributed by atoms with Gasteiger partial charge in [0.1, 0.15) is 0 Å². The van der Waals surface area contributed by atoms with Crippen LogP contribution in [0, 0.1) is 5.41 Å². The lowest BCUT2D eigenvalue weighted by Gasteiger charge is -2.37. The van der Waals surface area contributed by atoms with Gasteiger partial charge < -0.3 is 20.1 Å². The van der Waals surface area contributed by atoms with Crippen LogP contribution in [-0.4, -0.2) is 54.4 Å². The molecule has 1 aliphatic carbocycles. The quantitative estimate of drug-likeness (QED) is 0.822. The maximum Gasteiger partial charge on any atom is 0.317 e. The molecule has 0 bridgehead atoms. The number of carboxylic acids is 1. The number of nitrogens with zero attached hydrogens (tertiary/aromatic N) is 1. The zero-order chi connectivity index (χ0) is 14.8. The molecule has 2 aliphatic rings. The van der Waals surface area contributed by atoms with Gasteiger partial charge in [0.15, 0.2) is 0 Å². The summed E-state index contributed by atoms with van der Waals surface area (Å²) in [5.74, 6) is -0.771. The van der Waals surface area contributed by atoms with Crippen LogP contribution in [0.5, 0.6) is 0 Å². The number of piperidine rings is 1. The van der Waals surface area contributed by atoms with Gasteiger partial charge in [-0.05, 0) is 39.0 Å². The summed E-state index contributed by atoms with van der Waals surface area (Å²) in [6, 6.07) is -0.00771. The standard InChI is InChI=1S/C14H24N2O4/c1-14(12(17)18)6-8-16(9-7-14)13(19)15-10-4-3-5-11(10)20-2/h10-11H,3-9H2,1-2H3,(H,15,19)(H,17,18). The van der Waals surface area contributed by atoms with Gasteiger partial charge in [-0.1, -0.05) is 0 Å². The molecular weight excluding hydrogens is 260 g/mol. The van der Waals surface area contributed by atoms with E-state index in [2.05, 4.69) is 5.32 Å². The second-order valence-electron chi connectivity index (χ2n) is 6.11. The average molecular weight is 284 g/mol. The van der Waals surface area contributed by atoms with Crippen molar-refractivity contribution < 1.29 is 19.4 Å². The van der Waals surface area contributed by atoms with Crippen LogP contribution in [0.2, 0.25) is 0 Å². The first-order chi connectivity index (χ1) is 9.46. The third-order valence-corrected chi connectivity index (χ3v) is 4.73. The minimum atomic E-state index is -0.771. The van der Waals surface area contributed by atoms with E-state index in [1.165, 1.54) is 0 Å². The number of carbonyl (C=O) groups excluding carboxylic acids is 1. The van der Waals surface area contributed by atoms with E-state index in [4.69, 9.17) is 4.74 Å². The second-order valence-corrected chi connectivity index (χ2v) is 6.11. The van der Waals surface area contributed by atoms with Gasteiger partial charge in [-0.2, -0.15) is 0 Å². The predicted molar refractivity (Wildman–Crippen MR) is 73.5 cm³/mol. The molecule has 2 amide bonds. The van der Waals surface area contributed by atoms with Crippen LogP contribution in [0.15, 0.2) is 0 Å². The van der Waals surface area contributed by atoms with E-state index in [0.717, 1.165) is 19.3 Å². The lowest BCUT2D eigenvalue weighted by atomic mass is 9.80. The van der Waals surface area contributed by atoms with E-state index in [1.807, 2.05) is 0 Å². The number of ether oxygens (including phenoxy) is 1. The number of likely N-dealkylation sites (tertiary alicyclic amines) is 1. The second kappa shape index (κ2) is 5.99. The summed E-state index contributed by atoms with van der Waals surface area (Å²) >= 11 is 0. The molecule has 2 atom stereocenters. The molecule has 114 valence electrons. The normalized spacial score (nSPS) is 29.2. The van der Waals surface area contributed by atoms with E-state index in [1.54, 1.807) is 18.9 Å². The van der Waals surface area contributed by atoms with Gasteiger partial charge >= 0.3 is 12.0 Å². The summed E-state index contributed by atoms with van der Waals surface area (Å²) < 4.78 is 5.37. The molecule has 20 heavy (non-hydrogen) atoms. The Labute approximate surface area is 119 Å². The maximum atomic E-state index is 12.2. The highest BCUT2D eigenvalue weighted by atomic mass is 16.5. The van der Waals surface area contributed by atoms with E-state index in [-0.39, 0.29) is 18.2 Å². The number of methoxy groups -OCH3 is 1. The van der Waals surface area contributed by atoms with Crippen molar-refractivity contribution in [2.75, 3.05) is 20.2 Å². The van der Waals surface area contributed by atoms with Crippen molar-refractivity contribution >= 4 is 12.0 Å². The topological polar surface area (TPSA) is 78.9 Å². The number of aliphatic carboxylic acids is 1. The Hall–Kier alpha value is -1.30. The van der Waals surface area contributed by atoms with Gasteiger partial charge in [-0.25, -0.2) is 4.79 Å². The van der Waals surface area contributed by atoms with Crippen molar-refractivity contribution in [3.8, 4) is 0 Å². The number of urea groups is 1. The Morgan fingerprint density at radius 2 is 1.95 bits per heavy atom. The third-order valence-electron chi connectivity index (χ3n) is 4.73. The average Bonchev–Trinajstić information content (AvgIpc) is 2.86. The molecule has 1 aliphatic heterocycles. The number of carbonyl (C=O) groups is 2. The Kier molecular flexibility index (Phi) is 4.52. The summed E-state index contributed by atoms with van der Waals surface area (Å²) in [6.45, 7) is 2.75. The Morgan fingerprint density at radius 1 is 1.30 bits per heavy atom. The molecule has 1 saturated carbocycles. The third kappa shape index (κ3) is 3.06. The molecule has 0 aromatic heterocycles. The summed E-state index contributed by atoms with van der Waals surface area (Å²) in [4.78, 5) is 25.1. The molecule has 1 heterocycles. The highest BCUT2D eigenvalue weighted by molar-refractivity contribution is 5.77. The molecule has 1 saturated heterocycles. The smallest absolute Gasteiger partial charge is 0.317 e. The Bertz CT molecular complexity index is 377. The molecule has 2 rings (SSSR count). The van der Waals surface area contributed by atoms with E-state index >= 15 is 0 Å². The van der Waals surface area contributed by atoms with E-state index < -0.39 is 11.4 Å². The molecule has 0 aromatic rings. The van der Waals surface area contributed by atoms with Crippen molar-refractivity contribution in [3.63, 3.8) is 0 Å². The molecule has 6 heteroatoms. The van der Waals surface area contributed by atoms with Crippen molar-refractivity contribution in [1.29, 1.82) is 0 Å². The number of rotatable bonds is 3. The first kappa shape index (κ1) is 15.1. The van der Waals surface area contributed by atoms with Crippen molar-refractivity contribution in [2.45, 2.75) is 51.2 Å². The van der Waals surface area contributed by atoms with Gasteiger partial charge in [-0.15, -0.1) is 0 Å². The first-order valence-electron chi connectivity index (χ1n) is 7.28. The van der Waals surface area contributed by atoms with E-state index in [9.17, 15) is 14.7 Å². The summed E-state index contributed by atoms with van der Waals surface area (Å²) in [5, 5.41) is 12.2. The molecule has 6 nitrogen and oxygen atoms in total. The highest BCUT2D eigenvalue weighted by Crippen LogP contribution is 2.31. The van der Waals surface area contributed by atoms with Crippen LogP contribution < -0.4 is 5.32 Å². The largest absolute Gasteiger partial charge is 0.481 e. The van der Waals surface area contributed by atoms with Crippen LogP contribution in [0.1, 0.15) is 39.0 Å². The summed E-state index contributed by atoms with van der Waals surface area (Å²) in [6.07, 6.45) is 4.12. The van der Waals surface area contributed by atoms with Crippen LogP contribution in [0.3, 0.4) is 0 Å². The lowest BCUT2D eigenvalue weighted by molar-refractivity contribution is -0.150. The van der Waals surface area contributed by atoms with E-state index in [0.29, 0.717) is 25.9 Å².